The van der Waals surface area contributed by atoms with E-state index in [1.165, 1.54) is 0 Å². The SMILES string of the molecule is FC(F)c1ccc(SC(F)(F)F)cc1. The topological polar surface area (TPSA) is 0 Å². The van der Waals surface area contributed by atoms with E-state index in [1.54, 1.807) is 0 Å². The molecule has 78 valence electrons. The van der Waals surface area contributed by atoms with Gasteiger partial charge in [0.15, 0.2) is 0 Å². The number of alkyl halides is 5. The van der Waals surface area contributed by atoms with Crippen molar-refractivity contribution in [3.8, 4) is 0 Å². The van der Waals surface area contributed by atoms with Crippen LogP contribution in [0.25, 0.3) is 0 Å². The lowest BCUT2D eigenvalue weighted by Gasteiger charge is -2.05. The second kappa shape index (κ2) is 4.16. The van der Waals surface area contributed by atoms with E-state index in [2.05, 4.69) is 0 Å². The van der Waals surface area contributed by atoms with E-state index in [0.29, 0.717) is 0 Å². The van der Waals surface area contributed by atoms with Gasteiger partial charge >= 0.3 is 5.51 Å². The summed E-state index contributed by atoms with van der Waals surface area (Å²) >= 11 is -0.324. The van der Waals surface area contributed by atoms with Gasteiger partial charge in [0, 0.05) is 10.5 Å². The summed E-state index contributed by atoms with van der Waals surface area (Å²) in [6.07, 6.45) is -2.65. The van der Waals surface area contributed by atoms with E-state index in [4.69, 9.17) is 0 Å². The van der Waals surface area contributed by atoms with Crippen LogP contribution in [-0.2, 0) is 0 Å². The first kappa shape index (κ1) is 11.3. The van der Waals surface area contributed by atoms with Crippen LogP contribution >= 0.6 is 11.8 Å². The average molecular weight is 228 g/mol. The molecule has 1 aromatic carbocycles. The molecule has 0 spiro atoms. The van der Waals surface area contributed by atoms with Gasteiger partial charge in [-0.15, -0.1) is 0 Å². The van der Waals surface area contributed by atoms with Crippen LogP contribution in [0.2, 0.25) is 0 Å². The summed E-state index contributed by atoms with van der Waals surface area (Å²) in [4.78, 5) is -0.0955. The van der Waals surface area contributed by atoms with Crippen molar-refractivity contribution in [2.45, 2.75) is 16.8 Å². The molecule has 0 bridgehead atoms. The van der Waals surface area contributed by atoms with Crippen molar-refractivity contribution in [3.63, 3.8) is 0 Å². The second-order valence-corrected chi connectivity index (χ2v) is 3.56. The first-order chi connectivity index (χ1) is 6.38. The number of thioether (sulfide) groups is 1. The number of hydrogen-bond acceptors (Lipinski definition) is 1. The van der Waals surface area contributed by atoms with Gasteiger partial charge in [0.2, 0.25) is 0 Å². The van der Waals surface area contributed by atoms with Gasteiger partial charge in [-0.25, -0.2) is 8.78 Å². The number of hydrogen-bond donors (Lipinski definition) is 0. The lowest BCUT2D eigenvalue weighted by atomic mass is 10.2. The Hall–Kier alpha value is -0.780. The maximum absolute atomic E-state index is 12.0. The van der Waals surface area contributed by atoms with Crippen LogP contribution < -0.4 is 0 Å². The minimum absolute atomic E-state index is 0.0955. The van der Waals surface area contributed by atoms with E-state index < -0.39 is 11.9 Å². The highest BCUT2D eigenvalue weighted by atomic mass is 32.2. The molecule has 0 aromatic heterocycles. The van der Waals surface area contributed by atoms with Crippen LogP contribution in [0.4, 0.5) is 22.0 Å². The molecule has 0 N–H and O–H groups in total. The van der Waals surface area contributed by atoms with Crippen molar-refractivity contribution in [1.29, 1.82) is 0 Å². The van der Waals surface area contributed by atoms with Crippen molar-refractivity contribution < 1.29 is 22.0 Å². The molecule has 0 amide bonds. The molecule has 0 aliphatic carbocycles. The normalized spacial score (nSPS) is 12.1. The Labute approximate surface area is 81.1 Å². The maximum Gasteiger partial charge on any atom is 0.446 e. The molecule has 0 radical (unpaired) electrons. The van der Waals surface area contributed by atoms with Crippen LogP contribution in [0.1, 0.15) is 12.0 Å². The fourth-order valence-electron chi connectivity index (χ4n) is 0.815. The second-order valence-electron chi connectivity index (χ2n) is 2.42. The third-order valence-corrected chi connectivity index (χ3v) is 2.10. The molecular weight excluding hydrogens is 223 g/mol. The predicted molar refractivity (Wildman–Crippen MR) is 43.3 cm³/mol. The number of benzene rings is 1. The Balaban J connectivity index is 2.74. The molecule has 0 saturated carbocycles. The van der Waals surface area contributed by atoms with Crippen LogP contribution in [0, 0.1) is 0 Å². The van der Waals surface area contributed by atoms with E-state index in [-0.39, 0.29) is 22.2 Å². The number of halogens is 5. The standard InChI is InChI=1S/C8H5F5S/c9-7(10)5-1-3-6(4-2-5)14-8(11,12)13/h1-4,7H. The Morgan fingerprint density at radius 2 is 1.50 bits per heavy atom. The van der Waals surface area contributed by atoms with Crippen molar-refractivity contribution in [2.24, 2.45) is 0 Å². The average Bonchev–Trinajstić information content (AvgIpc) is 2.02. The lowest BCUT2D eigenvalue weighted by Crippen LogP contribution is -1.98. The highest BCUT2D eigenvalue weighted by molar-refractivity contribution is 8.00. The molecule has 0 heterocycles. The van der Waals surface area contributed by atoms with E-state index >= 15 is 0 Å². The smallest absolute Gasteiger partial charge is 0.205 e. The largest absolute Gasteiger partial charge is 0.446 e. The summed E-state index contributed by atoms with van der Waals surface area (Å²) in [6.45, 7) is 0. The van der Waals surface area contributed by atoms with Crippen molar-refractivity contribution >= 4 is 11.8 Å². The van der Waals surface area contributed by atoms with Gasteiger partial charge in [-0.3, -0.25) is 0 Å². The Morgan fingerprint density at radius 1 is 1.00 bits per heavy atom. The van der Waals surface area contributed by atoms with E-state index in [0.717, 1.165) is 24.3 Å². The molecule has 1 rings (SSSR count). The molecule has 0 unspecified atom stereocenters. The fraction of sp³-hybridized carbons (Fsp3) is 0.250. The van der Waals surface area contributed by atoms with Crippen molar-refractivity contribution in [3.05, 3.63) is 29.8 Å². The summed E-state index contributed by atoms with van der Waals surface area (Å²) < 4.78 is 59.5. The maximum atomic E-state index is 12.0. The first-order valence-electron chi connectivity index (χ1n) is 3.52. The molecule has 0 fully saturated rings. The summed E-state index contributed by atoms with van der Waals surface area (Å²) in [5.74, 6) is 0. The van der Waals surface area contributed by atoms with Gasteiger partial charge in [-0.05, 0) is 23.9 Å². The molecular formula is C8H5F5S. The molecule has 0 nitrogen and oxygen atoms in total. The zero-order valence-corrected chi connectivity index (χ0v) is 7.50. The van der Waals surface area contributed by atoms with Gasteiger partial charge in [0.05, 0.1) is 0 Å². The molecule has 6 heteroatoms. The molecule has 0 saturated heterocycles. The summed E-state index contributed by atoms with van der Waals surface area (Å²) in [5.41, 5.74) is -4.66. The fourth-order valence-corrected chi connectivity index (χ4v) is 1.35. The Kier molecular flexibility index (Phi) is 3.36. The quantitative estimate of drug-likeness (QED) is 0.539. The van der Waals surface area contributed by atoms with Crippen molar-refractivity contribution in [2.75, 3.05) is 0 Å². The van der Waals surface area contributed by atoms with E-state index in [1.807, 2.05) is 0 Å². The summed E-state index contributed by atoms with van der Waals surface area (Å²) in [6, 6.07) is 4.02. The van der Waals surface area contributed by atoms with Gasteiger partial charge in [-0.2, -0.15) is 13.2 Å². The third-order valence-electron chi connectivity index (χ3n) is 1.37. The van der Waals surface area contributed by atoms with Crippen LogP contribution in [-0.4, -0.2) is 5.51 Å². The summed E-state index contributed by atoms with van der Waals surface area (Å²) in [5, 5.41) is 0. The number of rotatable bonds is 2. The zero-order chi connectivity index (χ0) is 10.8. The molecule has 1 aromatic rings. The van der Waals surface area contributed by atoms with Gasteiger partial charge in [-0.1, -0.05) is 12.1 Å². The lowest BCUT2D eigenvalue weighted by molar-refractivity contribution is -0.0328. The van der Waals surface area contributed by atoms with Gasteiger partial charge < -0.3 is 0 Å². The van der Waals surface area contributed by atoms with E-state index in [9.17, 15) is 22.0 Å². The van der Waals surface area contributed by atoms with Gasteiger partial charge in [0.1, 0.15) is 0 Å². The Morgan fingerprint density at radius 3 is 1.86 bits per heavy atom. The van der Waals surface area contributed by atoms with Gasteiger partial charge in [0.25, 0.3) is 6.43 Å². The highest BCUT2D eigenvalue weighted by Crippen LogP contribution is 2.37. The highest BCUT2D eigenvalue weighted by Gasteiger charge is 2.29. The first-order valence-corrected chi connectivity index (χ1v) is 4.34. The Bertz CT molecular complexity index is 290. The minimum Gasteiger partial charge on any atom is -0.205 e. The molecule has 0 atom stereocenters. The molecule has 0 aliphatic rings. The summed E-state index contributed by atoms with van der Waals surface area (Å²) in [7, 11) is 0. The molecule has 14 heavy (non-hydrogen) atoms. The van der Waals surface area contributed by atoms with Crippen LogP contribution in [0.3, 0.4) is 0 Å². The monoisotopic (exact) mass is 228 g/mol. The third kappa shape index (κ3) is 3.53. The van der Waals surface area contributed by atoms with Crippen molar-refractivity contribution in [1.82, 2.24) is 0 Å². The van der Waals surface area contributed by atoms with Crippen LogP contribution in [0.5, 0.6) is 0 Å². The molecule has 0 aliphatic heterocycles. The zero-order valence-electron chi connectivity index (χ0n) is 6.68. The predicted octanol–water partition coefficient (Wildman–Crippen LogP) is 4.24. The minimum atomic E-state index is -4.38. The van der Waals surface area contributed by atoms with Crippen LogP contribution in [0.15, 0.2) is 29.2 Å².